The molecular formula is C16H14Cl2N2O3. The zero-order chi connectivity index (χ0) is 16.8. The Balaban J connectivity index is 1.96. The van der Waals surface area contributed by atoms with Gasteiger partial charge in [-0.15, -0.1) is 0 Å². The lowest BCUT2D eigenvalue weighted by molar-refractivity contribution is 0.0951. The highest BCUT2D eigenvalue weighted by atomic mass is 35.5. The molecule has 0 bridgehead atoms. The number of hydrogen-bond acceptors (Lipinski definition) is 3. The van der Waals surface area contributed by atoms with Crippen LogP contribution in [0, 0.1) is 0 Å². The third-order valence-corrected chi connectivity index (χ3v) is 3.58. The molecule has 120 valence electrons. The Hall–Kier alpha value is -2.24. The van der Waals surface area contributed by atoms with Crippen LogP contribution in [0.3, 0.4) is 0 Å². The predicted octanol–water partition coefficient (Wildman–Crippen LogP) is 4.10. The maximum absolute atomic E-state index is 12.1. The molecular weight excluding hydrogens is 339 g/mol. The highest BCUT2D eigenvalue weighted by molar-refractivity contribution is 6.35. The molecule has 0 saturated heterocycles. The lowest BCUT2D eigenvalue weighted by Gasteiger charge is -2.08. The van der Waals surface area contributed by atoms with Gasteiger partial charge in [-0.05, 0) is 35.9 Å². The molecule has 7 heteroatoms. The van der Waals surface area contributed by atoms with Crippen LogP contribution in [0.1, 0.15) is 15.9 Å². The second kappa shape index (κ2) is 7.85. The lowest BCUT2D eigenvalue weighted by Crippen LogP contribution is -2.23. The van der Waals surface area contributed by atoms with Gasteiger partial charge in [-0.1, -0.05) is 35.3 Å². The Morgan fingerprint density at radius 2 is 1.78 bits per heavy atom. The van der Waals surface area contributed by atoms with E-state index >= 15 is 0 Å². The number of halogens is 2. The monoisotopic (exact) mass is 352 g/mol. The molecule has 2 amide bonds. The van der Waals surface area contributed by atoms with Crippen LogP contribution < -0.4 is 10.6 Å². The number of anilines is 1. The second-order valence-corrected chi connectivity index (χ2v) is 5.46. The first-order valence-corrected chi connectivity index (χ1v) is 7.42. The van der Waals surface area contributed by atoms with Crippen LogP contribution in [0.2, 0.25) is 10.0 Å². The van der Waals surface area contributed by atoms with E-state index in [1.807, 2.05) is 0 Å². The van der Waals surface area contributed by atoms with E-state index in [1.165, 1.54) is 13.2 Å². The van der Waals surface area contributed by atoms with Crippen molar-refractivity contribution in [2.75, 3.05) is 12.4 Å². The van der Waals surface area contributed by atoms with Crippen LogP contribution in [-0.4, -0.2) is 19.1 Å². The maximum atomic E-state index is 12.1. The van der Waals surface area contributed by atoms with Gasteiger partial charge in [-0.3, -0.25) is 10.1 Å². The molecule has 0 atom stereocenters. The fourth-order valence-electron chi connectivity index (χ4n) is 1.82. The Morgan fingerprint density at radius 3 is 2.43 bits per heavy atom. The average Bonchev–Trinajstić information content (AvgIpc) is 2.56. The van der Waals surface area contributed by atoms with Crippen molar-refractivity contribution in [2.24, 2.45) is 0 Å². The van der Waals surface area contributed by atoms with E-state index in [2.05, 4.69) is 15.4 Å². The summed E-state index contributed by atoms with van der Waals surface area (Å²) in [6.07, 6.45) is -0.540. The summed E-state index contributed by atoms with van der Waals surface area (Å²) in [6, 6.07) is 11.7. The standard InChI is InChI=1S/C16H14Cl2N2O3/c1-23-16(22)20-12-5-2-10(3-6-12)9-19-15(21)13-8-11(17)4-7-14(13)18/h2-8H,9H2,1H3,(H,19,21)(H,20,22). The average molecular weight is 353 g/mol. The van der Waals surface area contributed by atoms with Gasteiger partial charge < -0.3 is 10.1 Å². The zero-order valence-corrected chi connectivity index (χ0v) is 13.7. The third-order valence-electron chi connectivity index (χ3n) is 3.01. The summed E-state index contributed by atoms with van der Waals surface area (Å²) in [5.41, 5.74) is 1.79. The van der Waals surface area contributed by atoms with Crippen molar-refractivity contribution in [3.05, 3.63) is 63.6 Å². The van der Waals surface area contributed by atoms with E-state index in [0.29, 0.717) is 27.8 Å². The molecule has 0 unspecified atom stereocenters. The Morgan fingerprint density at radius 1 is 1.09 bits per heavy atom. The number of carbonyl (C=O) groups excluding carboxylic acids is 2. The van der Waals surface area contributed by atoms with Gasteiger partial charge in [0.05, 0.1) is 17.7 Å². The van der Waals surface area contributed by atoms with Gasteiger partial charge in [0.2, 0.25) is 0 Å². The van der Waals surface area contributed by atoms with Crippen molar-refractivity contribution in [3.8, 4) is 0 Å². The number of benzene rings is 2. The molecule has 0 spiro atoms. The van der Waals surface area contributed by atoms with Gasteiger partial charge in [0.1, 0.15) is 0 Å². The number of rotatable bonds is 4. The fraction of sp³-hybridized carbons (Fsp3) is 0.125. The van der Waals surface area contributed by atoms with Crippen molar-refractivity contribution < 1.29 is 14.3 Å². The minimum Gasteiger partial charge on any atom is -0.453 e. The number of hydrogen-bond donors (Lipinski definition) is 2. The van der Waals surface area contributed by atoms with E-state index in [0.717, 1.165) is 5.56 Å². The van der Waals surface area contributed by atoms with Gasteiger partial charge in [0, 0.05) is 17.3 Å². The molecule has 2 N–H and O–H groups in total. The summed E-state index contributed by atoms with van der Waals surface area (Å²) in [4.78, 5) is 23.2. The minimum atomic E-state index is -0.540. The van der Waals surface area contributed by atoms with Crippen LogP contribution in [-0.2, 0) is 11.3 Å². The number of carbonyl (C=O) groups is 2. The largest absolute Gasteiger partial charge is 0.453 e. The molecule has 2 aromatic carbocycles. The van der Waals surface area contributed by atoms with Crippen LogP contribution in [0.25, 0.3) is 0 Å². The van der Waals surface area contributed by atoms with Crippen molar-refractivity contribution in [3.63, 3.8) is 0 Å². The number of amides is 2. The predicted molar refractivity (Wildman–Crippen MR) is 90.1 cm³/mol. The Bertz CT molecular complexity index is 718. The highest BCUT2D eigenvalue weighted by Crippen LogP contribution is 2.20. The SMILES string of the molecule is COC(=O)Nc1ccc(CNC(=O)c2cc(Cl)ccc2Cl)cc1. The van der Waals surface area contributed by atoms with Gasteiger partial charge in [-0.25, -0.2) is 4.79 Å². The van der Waals surface area contributed by atoms with Crippen molar-refractivity contribution in [2.45, 2.75) is 6.54 Å². The maximum Gasteiger partial charge on any atom is 0.411 e. The summed E-state index contributed by atoms with van der Waals surface area (Å²) < 4.78 is 4.50. The summed E-state index contributed by atoms with van der Waals surface area (Å²) >= 11 is 11.8. The molecule has 0 aromatic heterocycles. The molecule has 5 nitrogen and oxygen atoms in total. The quantitative estimate of drug-likeness (QED) is 0.870. The van der Waals surface area contributed by atoms with E-state index in [4.69, 9.17) is 23.2 Å². The number of nitrogens with one attached hydrogen (secondary N) is 2. The van der Waals surface area contributed by atoms with Crippen molar-refractivity contribution >= 4 is 40.9 Å². The second-order valence-electron chi connectivity index (χ2n) is 4.62. The van der Waals surface area contributed by atoms with E-state index in [9.17, 15) is 9.59 Å². The summed E-state index contributed by atoms with van der Waals surface area (Å²) in [5, 5.41) is 6.08. The molecule has 0 heterocycles. The molecule has 0 radical (unpaired) electrons. The van der Waals surface area contributed by atoms with Gasteiger partial charge >= 0.3 is 6.09 Å². The molecule has 0 aliphatic carbocycles. The van der Waals surface area contributed by atoms with Gasteiger partial charge in [0.25, 0.3) is 5.91 Å². The molecule has 0 aliphatic rings. The van der Waals surface area contributed by atoms with E-state index in [-0.39, 0.29) is 5.91 Å². The van der Waals surface area contributed by atoms with E-state index < -0.39 is 6.09 Å². The van der Waals surface area contributed by atoms with Gasteiger partial charge in [-0.2, -0.15) is 0 Å². The zero-order valence-electron chi connectivity index (χ0n) is 12.2. The molecule has 2 aromatic rings. The normalized spacial score (nSPS) is 10.0. The van der Waals surface area contributed by atoms with Crippen LogP contribution in [0.15, 0.2) is 42.5 Å². The molecule has 0 aliphatic heterocycles. The number of ether oxygens (including phenoxy) is 1. The highest BCUT2D eigenvalue weighted by Gasteiger charge is 2.10. The molecule has 23 heavy (non-hydrogen) atoms. The first-order valence-electron chi connectivity index (χ1n) is 6.67. The van der Waals surface area contributed by atoms with Crippen molar-refractivity contribution in [1.82, 2.24) is 5.32 Å². The Labute approximate surface area is 143 Å². The lowest BCUT2D eigenvalue weighted by atomic mass is 10.2. The van der Waals surface area contributed by atoms with E-state index in [1.54, 1.807) is 36.4 Å². The smallest absolute Gasteiger partial charge is 0.411 e. The van der Waals surface area contributed by atoms with Crippen LogP contribution >= 0.6 is 23.2 Å². The fourth-order valence-corrected chi connectivity index (χ4v) is 2.20. The summed E-state index contributed by atoms with van der Waals surface area (Å²) in [7, 11) is 1.29. The summed E-state index contributed by atoms with van der Waals surface area (Å²) in [6.45, 7) is 0.320. The molecule has 0 saturated carbocycles. The molecule has 0 fully saturated rings. The minimum absolute atomic E-state index is 0.311. The molecule has 2 rings (SSSR count). The van der Waals surface area contributed by atoms with Crippen molar-refractivity contribution in [1.29, 1.82) is 0 Å². The Kier molecular flexibility index (Phi) is 5.84. The topological polar surface area (TPSA) is 67.4 Å². The third kappa shape index (κ3) is 4.87. The first kappa shape index (κ1) is 17.1. The summed E-state index contributed by atoms with van der Waals surface area (Å²) in [5.74, 6) is -0.311. The number of methoxy groups -OCH3 is 1. The first-order chi connectivity index (χ1) is 11.0. The van der Waals surface area contributed by atoms with Crippen LogP contribution in [0.5, 0.6) is 0 Å². The van der Waals surface area contributed by atoms with Gasteiger partial charge in [0.15, 0.2) is 0 Å². The van der Waals surface area contributed by atoms with Crippen LogP contribution in [0.4, 0.5) is 10.5 Å².